The number of H-pyrrole nitrogens is 1. The molecular weight excluding hydrogens is 240 g/mol. The second-order valence-electron chi connectivity index (χ2n) is 4.66. The van der Waals surface area contributed by atoms with Gasteiger partial charge in [0.2, 0.25) is 0 Å². The molecule has 2 heterocycles. The van der Waals surface area contributed by atoms with Crippen LogP contribution in [0.5, 0.6) is 0 Å². The minimum atomic E-state index is -0.175. The molecule has 98 valence electrons. The second kappa shape index (κ2) is 5.14. The maximum absolute atomic E-state index is 11.8. The zero-order chi connectivity index (χ0) is 13.1. The molecule has 2 N–H and O–H groups in total. The van der Waals surface area contributed by atoms with Crippen LogP contribution < -0.4 is 10.2 Å². The van der Waals surface area contributed by atoms with E-state index < -0.39 is 0 Å². The Hall–Kier alpha value is -2.30. The van der Waals surface area contributed by atoms with Crippen LogP contribution >= 0.6 is 0 Å². The Bertz CT molecular complexity index is 541. The van der Waals surface area contributed by atoms with Crippen molar-refractivity contribution in [3.05, 3.63) is 42.5 Å². The van der Waals surface area contributed by atoms with Gasteiger partial charge in [-0.2, -0.15) is 0 Å². The fourth-order valence-electron chi connectivity index (χ4n) is 2.31. The van der Waals surface area contributed by atoms with Crippen LogP contribution in [0.1, 0.15) is 23.3 Å². The number of carbonyl (C=O) groups is 1. The van der Waals surface area contributed by atoms with Crippen LogP contribution in [-0.2, 0) is 0 Å². The first kappa shape index (κ1) is 11.8. The molecular formula is C14H16N4O. The summed E-state index contributed by atoms with van der Waals surface area (Å²) >= 11 is 0. The molecule has 1 fully saturated rings. The van der Waals surface area contributed by atoms with Crippen molar-refractivity contribution in [3.8, 4) is 0 Å². The van der Waals surface area contributed by atoms with Gasteiger partial charge in [0.15, 0.2) is 0 Å². The van der Waals surface area contributed by atoms with E-state index in [2.05, 4.69) is 20.2 Å². The molecule has 0 atom stereocenters. The summed E-state index contributed by atoms with van der Waals surface area (Å²) in [4.78, 5) is 20.8. The number of aromatic nitrogens is 2. The molecule has 2 aromatic rings. The molecule has 1 saturated heterocycles. The van der Waals surface area contributed by atoms with Crippen LogP contribution in [0.2, 0.25) is 0 Å². The predicted octanol–water partition coefficient (Wildman–Crippen LogP) is 2.26. The van der Waals surface area contributed by atoms with Crippen molar-refractivity contribution < 1.29 is 4.79 Å². The van der Waals surface area contributed by atoms with Gasteiger partial charge >= 0.3 is 0 Å². The summed E-state index contributed by atoms with van der Waals surface area (Å²) in [6.45, 7) is 2.25. The summed E-state index contributed by atoms with van der Waals surface area (Å²) in [6, 6.07) is 7.96. The molecule has 0 bridgehead atoms. The summed E-state index contributed by atoms with van der Waals surface area (Å²) < 4.78 is 0. The van der Waals surface area contributed by atoms with E-state index in [1.807, 2.05) is 24.3 Å². The van der Waals surface area contributed by atoms with E-state index in [1.165, 1.54) is 31.1 Å². The van der Waals surface area contributed by atoms with E-state index in [0.29, 0.717) is 5.69 Å². The Balaban J connectivity index is 1.67. The number of nitrogens with zero attached hydrogens (tertiary/aromatic N) is 2. The minimum absolute atomic E-state index is 0.175. The molecule has 1 aromatic heterocycles. The number of hydrogen-bond acceptors (Lipinski definition) is 3. The highest BCUT2D eigenvalue weighted by atomic mass is 16.1. The molecule has 0 spiro atoms. The second-order valence-corrected chi connectivity index (χ2v) is 4.66. The van der Waals surface area contributed by atoms with Crippen molar-refractivity contribution in [1.82, 2.24) is 9.97 Å². The standard InChI is InChI=1S/C14H16N4O/c19-14(13-9-15-10-16-13)17-11-3-5-12(6-4-11)18-7-1-2-8-18/h3-6,9-10H,1-2,7-8H2,(H,15,16)(H,17,19). The van der Waals surface area contributed by atoms with Gasteiger partial charge in [-0.1, -0.05) is 0 Å². The number of benzene rings is 1. The number of nitrogens with one attached hydrogen (secondary N) is 2. The largest absolute Gasteiger partial charge is 0.372 e. The lowest BCUT2D eigenvalue weighted by molar-refractivity contribution is 0.102. The average Bonchev–Trinajstić information content (AvgIpc) is 3.13. The first-order valence-electron chi connectivity index (χ1n) is 6.48. The highest BCUT2D eigenvalue weighted by Crippen LogP contribution is 2.22. The van der Waals surface area contributed by atoms with Crippen molar-refractivity contribution >= 4 is 17.3 Å². The third kappa shape index (κ3) is 2.59. The number of carbonyl (C=O) groups excluding carboxylic acids is 1. The highest BCUT2D eigenvalue weighted by Gasteiger charge is 2.12. The van der Waals surface area contributed by atoms with Crippen molar-refractivity contribution in [2.24, 2.45) is 0 Å². The lowest BCUT2D eigenvalue weighted by Crippen LogP contribution is -2.17. The van der Waals surface area contributed by atoms with Crippen molar-refractivity contribution in [3.63, 3.8) is 0 Å². The topological polar surface area (TPSA) is 61.0 Å². The van der Waals surface area contributed by atoms with E-state index in [0.717, 1.165) is 18.8 Å². The Kier molecular flexibility index (Phi) is 3.18. The summed E-state index contributed by atoms with van der Waals surface area (Å²) in [7, 11) is 0. The Morgan fingerprint density at radius 2 is 1.95 bits per heavy atom. The molecule has 0 unspecified atom stereocenters. The number of amides is 1. The summed E-state index contributed by atoms with van der Waals surface area (Å²) in [6.07, 6.45) is 5.52. The van der Waals surface area contributed by atoms with Gasteiger partial charge in [-0.3, -0.25) is 4.79 Å². The molecule has 1 aromatic carbocycles. The van der Waals surface area contributed by atoms with E-state index >= 15 is 0 Å². The molecule has 19 heavy (non-hydrogen) atoms. The van der Waals surface area contributed by atoms with Gasteiger partial charge in [0.25, 0.3) is 5.91 Å². The summed E-state index contributed by atoms with van der Waals surface area (Å²) in [5.41, 5.74) is 2.48. The molecule has 0 radical (unpaired) electrons. The monoisotopic (exact) mass is 256 g/mol. The van der Waals surface area contributed by atoms with Gasteiger partial charge in [0.1, 0.15) is 5.69 Å². The fourth-order valence-corrected chi connectivity index (χ4v) is 2.31. The zero-order valence-corrected chi connectivity index (χ0v) is 10.6. The van der Waals surface area contributed by atoms with Gasteiger partial charge in [0, 0.05) is 24.5 Å². The minimum Gasteiger partial charge on any atom is -0.372 e. The predicted molar refractivity (Wildman–Crippen MR) is 74.4 cm³/mol. The molecule has 5 nitrogen and oxygen atoms in total. The number of aromatic amines is 1. The van der Waals surface area contributed by atoms with E-state index in [4.69, 9.17) is 0 Å². The van der Waals surface area contributed by atoms with E-state index in [9.17, 15) is 4.79 Å². The van der Waals surface area contributed by atoms with Crippen molar-refractivity contribution in [1.29, 1.82) is 0 Å². The van der Waals surface area contributed by atoms with Crippen LogP contribution in [0.25, 0.3) is 0 Å². The van der Waals surface area contributed by atoms with E-state index in [-0.39, 0.29) is 5.91 Å². The molecule has 1 aliphatic heterocycles. The fraction of sp³-hybridized carbons (Fsp3) is 0.286. The number of imidazole rings is 1. The van der Waals surface area contributed by atoms with Gasteiger partial charge in [-0.05, 0) is 37.1 Å². The molecule has 1 amide bonds. The lowest BCUT2D eigenvalue weighted by Gasteiger charge is -2.17. The van der Waals surface area contributed by atoms with Crippen LogP contribution in [0.15, 0.2) is 36.8 Å². The molecule has 1 aliphatic rings. The average molecular weight is 256 g/mol. The maximum atomic E-state index is 11.8. The lowest BCUT2D eigenvalue weighted by atomic mass is 10.2. The maximum Gasteiger partial charge on any atom is 0.273 e. The smallest absolute Gasteiger partial charge is 0.273 e. The summed E-state index contributed by atoms with van der Waals surface area (Å²) in [5, 5.41) is 2.83. The molecule has 0 aliphatic carbocycles. The summed E-state index contributed by atoms with van der Waals surface area (Å²) in [5.74, 6) is -0.175. The highest BCUT2D eigenvalue weighted by molar-refractivity contribution is 6.02. The number of anilines is 2. The zero-order valence-electron chi connectivity index (χ0n) is 10.6. The SMILES string of the molecule is O=C(Nc1ccc(N2CCCC2)cc1)c1cnc[nH]1. The van der Waals surface area contributed by atoms with Crippen LogP contribution in [0.4, 0.5) is 11.4 Å². The van der Waals surface area contributed by atoms with Gasteiger partial charge < -0.3 is 15.2 Å². The van der Waals surface area contributed by atoms with Crippen LogP contribution in [-0.4, -0.2) is 29.0 Å². The third-order valence-electron chi connectivity index (χ3n) is 3.34. The molecule has 5 heteroatoms. The third-order valence-corrected chi connectivity index (χ3v) is 3.34. The van der Waals surface area contributed by atoms with E-state index in [1.54, 1.807) is 0 Å². The first-order chi connectivity index (χ1) is 9.33. The van der Waals surface area contributed by atoms with Crippen molar-refractivity contribution in [2.75, 3.05) is 23.3 Å². The number of rotatable bonds is 3. The van der Waals surface area contributed by atoms with Crippen LogP contribution in [0.3, 0.4) is 0 Å². The quantitative estimate of drug-likeness (QED) is 0.885. The first-order valence-corrected chi connectivity index (χ1v) is 6.48. The normalized spacial score (nSPS) is 14.6. The molecule has 0 saturated carbocycles. The Labute approximate surface area is 111 Å². The van der Waals surface area contributed by atoms with Gasteiger partial charge in [-0.15, -0.1) is 0 Å². The van der Waals surface area contributed by atoms with Gasteiger partial charge in [0.05, 0.1) is 12.5 Å². The Morgan fingerprint density at radius 3 is 2.58 bits per heavy atom. The van der Waals surface area contributed by atoms with Crippen molar-refractivity contribution in [2.45, 2.75) is 12.8 Å². The van der Waals surface area contributed by atoms with Gasteiger partial charge in [-0.25, -0.2) is 4.98 Å². The number of hydrogen-bond donors (Lipinski definition) is 2. The Morgan fingerprint density at radius 1 is 1.21 bits per heavy atom. The van der Waals surface area contributed by atoms with Crippen LogP contribution in [0, 0.1) is 0 Å². The molecule has 3 rings (SSSR count).